The third kappa shape index (κ3) is 2.64. The zero-order chi connectivity index (χ0) is 14.9. The standard InChI is InChI=1S/C13H14BrNO5/c1-15-10(16)6-20-12(13(17)18)11(15)7-3-4-9(19-2)8(14)5-7/h3-5,11-12H,6H2,1-2H3,(H,17,18). The highest BCUT2D eigenvalue weighted by molar-refractivity contribution is 9.10. The third-order valence-corrected chi connectivity index (χ3v) is 3.86. The summed E-state index contributed by atoms with van der Waals surface area (Å²) >= 11 is 3.35. The first-order chi connectivity index (χ1) is 9.45. The largest absolute Gasteiger partial charge is 0.496 e. The van der Waals surface area contributed by atoms with Crippen LogP contribution in [0.15, 0.2) is 22.7 Å². The quantitative estimate of drug-likeness (QED) is 0.898. The van der Waals surface area contributed by atoms with Crippen LogP contribution in [0.1, 0.15) is 11.6 Å². The summed E-state index contributed by atoms with van der Waals surface area (Å²) in [7, 11) is 3.11. The number of carbonyl (C=O) groups excluding carboxylic acids is 1. The van der Waals surface area contributed by atoms with Crippen molar-refractivity contribution in [1.29, 1.82) is 0 Å². The second-order valence-corrected chi connectivity index (χ2v) is 5.27. The maximum Gasteiger partial charge on any atom is 0.335 e. The van der Waals surface area contributed by atoms with Crippen LogP contribution < -0.4 is 4.74 Å². The number of carbonyl (C=O) groups is 2. The molecule has 0 radical (unpaired) electrons. The summed E-state index contributed by atoms with van der Waals surface area (Å²) in [5.41, 5.74) is 0.667. The number of ether oxygens (including phenoxy) is 2. The molecule has 2 rings (SSSR count). The summed E-state index contributed by atoms with van der Waals surface area (Å²) in [5.74, 6) is -0.716. The first-order valence-corrected chi connectivity index (χ1v) is 6.68. The van der Waals surface area contributed by atoms with Gasteiger partial charge in [-0.25, -0.2) is 4.79 Å². The Balaban J connectivity index is 2.42. The summed E-state index contributed by atoms with van der Waals surface area (Å²) in [6.07, 6.45) is -1.09. The van der Waals surface area contributed by atoms with Crippen molar-refractivity contribution >= 4 is 27.8 Å². The number of carboxylic acids is 1. The van der Waals surface area contributed by atoms with Gasteiger partial charge in [0.15, 0.2) is 6.10 Å². The first-order valence-electron chi connectivity index (χ1n) is 5.89. The molecule has 2 atom stereocenters. The van der Waals surface area contributed by atoms with E-state index in [0.717, 1.165) is 0 Å². The van der Waals surface area contributed by atoms with Crippen LogP contribution >= 0.6 is 15.9 Å². The number of methoxy groups -OCH3 is 1. The summed E-state index contributed by atoms with van der Waals surface area (Å²) in [5, 5.41) is 9.24. The topological polar surface area (TPSA) is 76.1 Å². The van der Waals surface area contributed by atoms with E-state index in [1.165, 1.54) is 4.90 Å². The fourth-order valence-corrected chi connectivity index (χ4v) is 2.74. The second kappa shape index (κ2) is 5.80. The van der Waals surface area contributed by atoms with E-state index < -0.39 is 18.1 Å². The van der Waals surface area contributed by atoms with E-state index in [0.29, 0.717) is 15.8 Å². The van der Waals surface area contributed by atoms with Crippen LogP contribution in [0.2, 0.25) is 0 Å². The molecule has 2 unspecified atom stereocenters. The summed E-state index contributed by atoms with van der Waals surface area (Å²) in [4.78, 5) is 24.4. The van der Waals surface area contributed by atoms with Gasteiger partial charge in [-0.05, 0) is 33.6 Å². The fraction of sp³-hybridized carbons (Fsp3) is 0.385. The third-order valence-electron chi connectivity index (χ3n) is 3.24. The average Bonchev–Trinajstić information content (AvgIpc) is 2.41. The number of benzene rings is 1. The van der Waals surface area contributed by atoms with Crippen LogP contribution in [0, 0.1) is 0 Å². The molecule has 6 nitrogen and oxygen atoms in total. The Morgan fingerprint density at radius 2 is 2.25 bits per heavy atom. The van der Waals surface area contributed by atoms with Crippen LogP contribution in [-0.4, -0.2) is 48.8 Å². The van der Waals surface area contributed by atoms with Gasteiger partial charge in [0.25, 0.3) is 0 Å². The number of hydrogen-bond acceptors (Lipinski definition) is 4. The number of nitrogens with zero attached hydrogens (tertiary/aromatic N) is 1. The highest BCUT2D eigenvalue weighted by Crippen LogP contribution is 2.34. The number of carboxylic acid groups (broad SMARTS) is 1. The Hall–Kier alpha value is -1.60. The Labute approximate surface area is 124 Å². The van der Waals surface area contributed by atoms with Gasteiger partial charge >= 0.3 is 5.97 Å². The Morgan fingerprint density at radius 1 is 1.55 bits per heavy atom. The SMILES string of the molecule is COc1ccc(C2C(C(=O)O)OCC(=O)N2C)cc1Br. The normalized spacial score (nSPS) is 22.8. The maximum absolute atomic E-state index is 11.7. The molecule has 0 bridgehead atoms. The van der Waals surface area contributed by atoms with Gasteiger partial charge < -0.3 is 19.5 Å². The molecule has 1 saturated heterocycles. The molecule has 1 N–H and O–H groups in total. The monoisotopic (exact) mass is 343 g/mol. The van der Waals surface area contributed by atoms with Crippen LogP contribution in [0.25, 0.3) is 0 Å². The van der Waals surface area contributed by atoms with Crippen LogP contribution in [0.5, 0.6) is 5.75 Å². The summed E-state index contributed by atoms with van der Waals surface area (Å²) in [6, 6.07) is 4.50. The van der Waals surface area contributed by atoms with Gasteiger partial charge in [-0.2, -0.15) is 0 Å². The Morgan fingerprint density at radius 3 is 2.80 bits per heavy atom. The maximum atomic E-state index is 11.7. The van der Waals surface area contributed by atoms with Crippen LogP contribution in [-0.2, 0) is 14.3 Å². The number of hydrogen-bond donors (Lipinski definition) is 1. The average molecular weight is 344 g/mol. The minimum Gasteiger partial charge on any atom is -0.496 e. The molecule has 1 aromatic rings. The van der Waals surface area contributed by atoms with Gasteiger partial charge in [-0.15, -0.1) is 0 Å². The molecule has 1 aromatic carbocycles. The molecule has 0 aliphatic carbocycles. The lowest BCUT2D eigenvalue weighted by Gasteiger charge is -2.37. The van der Waals surface area contributed by atoms with Gasteiger partial charge in [0.1, 0.15) is 12.4 Å². The van der Waals surface area contributed by atoms with Gasteiger partial charge in [0, 0.05) is 7.05 Å². The van der Waals surface area contributed by atoms with Gasteiger partial charge in [-0.3, -0.25) is 4.79 Å². The lowest BCUT2D eigenvalue weighted by molar-refractivity contribution is -0.171. The number of rotatable bonds is 3. The summed E-state index contributed by atoms with van der Waals surface area (Å²) in [6.45, 7) is -0.221. The van der Waals surface area contributed by atoms with Gasteiger partial charge in [0.05, 0.1) is 17.6 Å². The zero-order valence-corrected chi connectivity index (χ0v) is 12.6. The second-order valence-electron chi connectivity index (χ2n) is 4.41. The van der Waals surface area contributed by atoms with Crippen molar-refractivity contribution in [1.82, 2.24) is 4.90 Å². The molecule has 0 spiro atoms. The van der Waals surface area contributed by atoms with E-state index in [9.17, 15) is 14.7 Å². The van der Waals surface area contributed by atoms with E-state index in [2.05, 4.69) is 15.9 Å². The lowest BCUT2D eigenvalue weighted by atomic mass is 9.98. The van der Waals surface area contributed by atoms with Crippen molar-refractivity contribution in [3.8, 4) is 5.75 Å². The molecule has 1 heterocycles. The highest BCUT2D eigenvalue weighted by Gasteiger charge is 2.40. The minimum absolute atomic E-state index is 0.221. The smallest absolute Gasteiger partial charge is 0.335 e. The van der Waals surface area contributed by atoms with Crippen molar-refractivity contribution < 1.29 is 24.2 Å². The molecule has 0 saturated carbocycles. The molecule has 0 aromatic heterocycles. The van der Waals surface area contributed by atoms with Gasteiger partial charge in [0.2, 0.25) is 5.91 Å². The van der Waals surface area contributed by atoms with E-state index >= 15 is 0 Å². The number of halogens is 1. The molecular formula is C13H14BrNO5. The predicted octanol–water partition coefficient (Wildman–Crippen LogP) is 1.44. The Bertz CT molecular complexity index is 548. The van der Waals surface area contributed by atoms with Crippen molar-refractivity contribution in [2.45, 2.75) is 12.1 Å². The lowest BCUT2D eigenvalue weighted by Crippen LogP contribution is -2.50. The van der Waals surface area contributed by atoms with Crippen molar-refractivity contribution in [3.63, 3.8) is 0 Å². The molecule has 1 amide bonds. The zero-order valence-electron chi connectivity index (χ0n) is 11.0. The number of morpholine rings is 1. The highest BCUT2D eigenvalue weighted by atomic mass is 79.9. The van der Waals surface area contributed by atoms with E-state index in [4.69, 9.17) is 9.47 Å². The molecule has 108 valence electrons. The first kappa shape index (κ1) is 14.8. The fourth-order valence-electron chi connectivity index (χ4n) is 2.18. The molecule has 7 heteroatoms. The van der Waals surface area contributed by atoms with E-state index in [1.807, 2.05) is 0 Å². The van der Waals surface area contributed by atoms with Gasteiger partial charge in [-0.1, -0.05) is 6.07 Å². The Kier molecular flexibility index (Phi) is 4.29. The van der Waals surface area contributed by atoms with Crippen LogP contribution in [0.4, 0.5) is 0 Å². The number of aliphatic carboxylic acids is 1. The van der Waals surface area contributed by atoms with E-state index in [1.54, 1.807) is 32.4 Å². The molecule has 1 fully saturated rings. The van der Waals surface area contributed by atoms with Crippen molar-refractivity contribution in [2.24, 2.45) is 0 Å². The van der Waals surface area contributed by atoms with Crippen molar-refractivity contribution in [2.75, 3.05) is 20.8 Å². The van der Waals surface area contributed by atoms with E-state index in [-0.39, 0.29) is 12.5 Å². The molecule has 1 aliphatic heterocycles. The predicted molar refractivity (Wildman–Crippen MR) is 73.6 cm³/mol. The minimum atomic E-state index is -1.10. The number of likely N-dealkylation sites (N-methyl/N-ethyl adjacent to an activating group) is 1. The van der Waals surface area contributed by atoms with Crippen LogP contribution in [0.3, 0.4) is 0 Å². The summed E-state index contributed by atoms with van der Waals surface area (Å²) < 4.78 is 11.0. The molecule has 20 heavy (non-hydrogen) atoms. The molecule has 1 aliphatic rings. The van der Waals surface area contributed by atoms with Crippen molar-refractivity contribution in [3.05, 3.63) is 28.2 Å². The molecular weight excluding hydrogens is 330 g/mol. The number of amides is 1.